The summed E-state index contributed by atoms with van der Waals surface area (Å²) in [5.74, 6) is -0.0328. The number of piperidine rings is 1. The Kier molecular flexibility index (Phi) is 6.87. The van der Waals surface area contributed by atoms with Gasteiger partial charge in [0.25, 0.3) is 0 Å². The van der Waals surface area contributed by atoms with Gasteiger partial charge in [-0.25, -0.2) is 0 Å². The number of thiophene rings is 1. The van der Waals surface area contributed by atoms with E-state index in [1.807, 2.05) is 29.6 Å². The molecule has 1 aliphatic heterocycles. The van der Waals surface area contributed by atoms with E-state index in [1.165, 1.54) is 24.9 Å². The van der Waals surface area contributed by atoms with Gasteiger partial charge in [0.05, 0.1) is 6.42 Å². The molecule has 3 rings (SSSR count). The number of nitrogens with zero attached hydrogens (tertiary/aromatic N) is 2. The van der Waals surface area contributed by atoms with Crippen LogP contribution in [-0.4, -0.2) is 38.0 Å². The average Bonchev–Trinajstić information content (AvgIpc) is 3.19. The third kappa shape index (κ3) is 5.57. The average molecular weight is 386 g/mol. The SMILES string of the molecule is CC(=O)N(CCNC(=O)Cc1cccs1)c1ccc(N2CCCCC2)cc1. The standard InChI is InChI=1S/C21H27N3O2S/c1-17(25)24(14-11-22-21(26)16-20-6-5-15-27-20)19-9-7-18(8-10-19)23-12-3-2-4-13-23/h5-10,15H,2-4,11-14,16H2,1H3,(H,22,26). The molecule has 0 radical (unpaired) electrons. The first kappa shape index (κ1) is 19.4. The summed E-state index contributed by atoms with van der Waals surface area (Å²) in [4.78, 5) is 29.2. The van der Waals surface area contributed by atoms with Crippen molar-refractivity contribution in [1.29, 1.82) is 0 Å². The van der Waals surface area contributed by atoms with E-state index in [-0.39, 0.29) is 11.8 Å². The molecule has 0 saturated carbocycles. The highest BCUT2D eigenvalue weighted by Gasteiger charge is 2.14. The maximum absolute atomic E-state index is 12.1. The summed E-state index contributed by atoms with van der Waals surface area (Å²) < 4.78 is 0. The van der Waals surface area contributed by atoms with Crippen molar-refractivity contribution in [2.45, 2.75) is 32.6 Å². The van der Waals surface area contributed by atoms with Crippen molar-refractivity contribution >= 4 is 34.5 Å². The van der Waals surface area contributed by atoms with Crippen LogP contribution in [0, 0.1) is 0 Å². The molecule has 144 valence electrons. The van der Waals surface area contributed by atoms with E-state index in [0.29, 0.717) is 19.5 Å². The molecule has 2 amide bonds. The lowest BCUT2D eigenvalue weighted by atomic mass is 10.1. The van der Waals surface area contributed by atoms with E-state index < -0.39 is 0 Å². The third-order valence-corrected chi connectivity index (χ3v) is 5.71. The normalized spacial score (nSPS) is 14.0. The summed E-state index contributed by atoms with van der Waals surface area (Å²) in [6.07, 6.45) is 4.19. The minimum Gasteiger partial charge on any atom is -0.372 e. The van der Waals surface area contributed by atoms with Gasteiger partial charge in [0.15, 0.2) is 0 Å². The zero-order chi connectivity index (χ0) is 19.1. The Bertz CT molecular complexity index is 737. The summed E-state index contributed by atoms with van der Waals surface area (Å²) in [7, 11) is 0. The predicted octanol–water partition coefficient (Wildman–Crippen LogP) is 3.45. The molecule has 6 heteroatoms. The van der Waals surface area contributed by atoms with E-state index in [0.717, 1.165) is 23.7 Å². The summed E-state index contributed by atoms with van der Waals surface area (Å²) >= 11 is 1.58. The second kappa shape index (κ2) is 9.55. The van der Waals surface area contributed by atoms with Gasteiger partial charge in [0, 0.05) is 49.4 Å². The van der Waals surface area contributed by atoms with Gasteiger partial charge in [-0.05, 0) is 55.0 Å². The molecule has 5 nitrogen and oxygen atoms in total. The quantitative estimate of drug-likeness (QED) is 0.794. The van der Waals surface area contributed by atoms with Crippen LogP contribution in [0.25, 0.3) is 0 Å². The Morgan fingerprint density at radius 3 is 2.48 bits per heavy atom. The minimum absolute atomic E-state index is 0.0126. The first-order valence-corrected chi connectivity index (χ1v) is 10.4. The molecule has 1 aliphatic rings. The number of benzene rings is 1. The Balaban J connectivity index is 1.53. The van der Waals surface area contributed by atoms with Crippen LogP contribution in [0.2, 0.25) is 0 Å². The first-order valence-electron chi connectivity index (χ1n) is 9.55. The van der Waals surface area contributed by atoms with Crippen LogP contribution in [0.1, 0.15) is 31.1 Å². The second-order valence-electron chi connectivity index (χ2n) is 6.84. The van der Waals surface area contributed by atoms with Crippen LogP contribution in [0.5, 0.6) is 0 Å². The minimum atomic E-state index is -0.0202. The number of amides is 2. The Morgan fingerprint density at radius 2 is 1.85 bits per heavy atom. The topological polar surface area (TPSA) is 52.7 Å². The Morgan fingerprint density at radius 1 is 1.11 bits per heavy atom. The van der Waals surface area contributed by atoms with Gasteiger partial charge in [-0.1, -0.05) is 6.07 Å². The van der Waals surface area contributed by atoms with Gasteiger partial charge in [0.1, 0.15) is 0 Å². The molecule has 1 N–H and O–H groups in total. The van der Waals surface area contributed by atoms with Crippen LogP contribution in [0.3, 0.4) is 0 Å². The predicted molar refractivity (Wildman–Crippen MR) is 112 cm³/mol. The van der Waals surface area contributed by atoms with Gasteiger partial charge >= 0.3 is 0 Å². The van der Waals surface area contributed by atoms with Crippen molar-refractivity contribution in [3.63, 3.8) is 0 Å². The molecule has 27 heavy (non-hydrogen) atoms. The second-order valence-corrected chi connectivity index (χ2v) is 7.87. The van der Waals surface area contributed by atoms with E-state index >= 15 is 0 Å². The highest BCUT2D eigenvalue weighted by atomic mass is 32.1. The number of anilines is 2. The fourth-order valence-electron chi connectivity index (χ4n) is 3.40. The number of carbonyl (C=O) groups excluding carboxylic acids is 2. The van der Waals surface area contributed by atoms with Crippen molar-refractivity contribution in [3.8, 4) is 0 Å². The largest absolute Gasteiger partial charge is 0.372 e. The lowest BCUT2D eigenvalue weighted by Crippen LogP contribution is -2.38. The van der Waals surface area contributed by atoms with Crippen LogP contribution in [0.15, 0.2) is 41.8 Å². The van der Waals surface area contributed by atoms with E-state index in [9.17, 15) is 9.59 Å². The van der Waals surface area contributed by atoms with Crippen LogP contribution < -0.4 is 15.1 Å². The monoisotopic (exact) mass is 385 g/mol. The fraction of sp³-hybridized carbons (Fsp3) is 0.429. The zero-order valence-electron chi connectivity index (χ0n) is 15.8. The Hall–Kier alpha value is -2.34. The summed E-state index contributed by atoms with van der Waals surface area (Å²) in [6, 6.07) is 12.1. The molecule has 1 aromatic heterocycles. The van der Waals surface area contributed by atoms with Gasteiger partial charge in [0.2, 0.25) is 11.8 Å². The number of carbonyl (C=O) groups is 2. The molecule has 2 aromatic rings. The first-order chi connectivity index (χ1) is 13.1. The summed E-state index contributed by atoms with van der Waals surface area (Å²) in [5, 5.41) is 4.87. The smallest absolute Gasteiger partial charge is 0.225 e. The van der Waals surface area contributed by atoms with E-state index in [1.54, 1.807) is 23.2 Å². The maximum Gasteiger partial charge on any atom is 0.225 e. The molecule has 0 atom stereocenters. The van der Waals surface area contributed by atoms with Gasteiger partial charge < -0.3 is 15.1 Å². The third-order valence-electron chi connectivity index (χ3n) is 4.84. The van der Waals surface area contributed by atoms with Crippen molar-refractivity contribution in [2.24, 2.45) is 0 Å². The molecule has 0 bridgehead atoms. The van der Waals surface area contributed by atoms with Crippen molar-refractivity contribution in [1.82, 2.24) is 5.32 Å². The Labute approximate surface area is 165 Å². The van der Waals surface area contributed by atoms with Gasteiger partial charge in [-0.2, -0.15) is 0 Å². The number of hydrogen-bond donors (Lipinski definition) is 1. The summed E-state index contributed by atoms with van der Waals surface area (Å²) in [6.45, 7) is 4.68. The van der Waals surface area contributed by atoms with Gasteiger partial charge in [-0.3, -0.25) is 9.59 Å². The molecule has 1 fully saturated rings. The van der Waals surface area contributed by atoms with Crippen LogP contribution in [0.4, 0.5) is 11.4 Å². The highest BCUT2D eigenvalue weighted by Crippen LogP contribution is 2.23. The van der Waals surface area contributed by atoms with Crippen molar-refractivity contribution in [2.75, 3.05) is 36.0 Å². The lowest BCUT2D eigenvalue weighted by molar-refractivity contribution is -0.120. The number of hydrogen-bond acceptors (Lipinski definition) is 4. The lowest BCUT2D eigenvalue weighted by Gasteiger charge is -2.29. The fourth-order valence-corrected chi connectivity index (χ4v) is 4.11. The highest BCUT2D eigenvalue weighted by molar-refractivity contribution is 7.10. The molecule has 0 unspecified atom stereocenters. The van der Waals surface area contributed by atoms with Crippen molar-refractivity contribution < 1.29 is 9.59 Å². The molecular weight excluding hydrogens is 358 g/mol. The maximum atomic E-state index is 12.1. The summed E-state index contributed by atoms with van der Waals surface area (Å²) in [5.41, 5.74) is 2.09. The molecule has 1 aromatic carbocycles. The number of nitrogens with one attached hydrogen (secondary N) is 1. The number of rotatable bonds is 7. The van der Waals surface area contributed by atoms with E-state index in [2.05, 4.69) is 22.3 Å². The molecule has 0 spiro atoms. The molecule has 1 saturated heterocycles. The molecular formula is C21H27N3O2S. The molecule has 2 heterocycles. The zero-order valence-corrected chi connectivity index (χ0v) is 16.6. The van der Waals surface area contributed by atoms with Crippen molar-refractivity contribution in [3.05, 3.63) is 46.7 Å². The van der Waals surface area contributed by atoms with E-state index in [4.69, 9.17) is 0 Å². The van der Waals surface area contributed by atoms with Crippen LogP contribution >= 0.6 is 11.3 Å². The van der Waals surface area contributed by atoms with Gasteiger partial charge in [-0.15, -0.1) is 11.3 Å². The molecule has 0 aliphatic carbocycles. The van der Waals surface area contributed by atoms with Crippen LogP contribution in [-0.2, 0) is 16.0 Å².